The molecular formula is C12H18FNO3. The van der Waals surface area contributed by atoms with Crippen LogP contribution in [-0.2, 0) is 4.74 Å². The van der Waals surface area contributed by atoms with E-state index in [1.54, 1.807) is 19.2 Å². The summed E-state index contributed by atoms with van der Waals surface area (Å²) in [4.78, 5) is 0. The van der Waals surface area contributed by atoms with Crippen molar-refractivity contribution in [3.8, 4) is 11.5 Å². The molecule has 0 saturated carbocycles. The van der Waals surface area contributed by atoms with Crippen molar-refractivity contribution in [2.75, 3.05) is 34.0 Å². The third-order valence-corrected chi connectivity index (χ3v) is 2.39. The van der Waals surface area contributed by atoms with Crippen molar-refractivity contribution in [2.45, 2.75) is 6.10 Å². The van der Waals surface area contributed by atoms with E-state index in [-0.39, 0.29) is 12.7 Å². The number of methoxy groups -OCH3 is 2. The second-order valence-electron chi connectivity index (χ2n) is 3.41. The predicted octanol–water partition coefficient (Wildman–Crippen LogP) is 1.69. The highest BCUT2D eigenvalue weighted by Gasteiger charge is 2.12. The maximum atomic E-state index is 12.1. The molecule has 1 atom stereocenters. The molecule has 0 radical (unpaired) electrons. The summed E-state index contributed by atoms with van der Waals surface area (Å²) >= 11 is 0. The van der Waals surface area contributed by atoms with E-state index in [0.717, 1.165) is 5.56 Å². The van der Waals surface area contributed by atoms with E-state index in [4.69, 9.17) is 19.9 Å². The van der Waals surface area contributed by atoms with Crippen molar-refractivity contribution < 1.29 is 18.6 Å². The van der Waals surface area contributed by atoms with Crippen LogP contribution in [0.3, 0.4) is 0 Å². The molecule has 0 aromatic heterocycles. The summed E-state index contributed by atoms with van der Waals surface area (Å²) in [7, 11) is 3.12. The van der Waals surface area contributed by atoms with E-state index in [1.165, 1.54) is 7.11 Å². The number of rotatable bonds is 7. The highest BCUT2D eigenvalue weighted by molar-refractivity contribution is 5.43. The zero-order chi connectivity index (χ0) is 12.7. The summed E-state index contributed by atoms with van der Waals surface area (Å²) in [5.74, 6) is 1.06. The number of hydrogen-bond acceptors (Lipinski definition) is 4. The number of ether oxygens (including phenoxy) is 3. The Morgan fingerprint density at radius 1 is 1.29 bits per heavy atom. The average molecular weight is 243 g/mol. The first kappa shape index (κ1) is 13.7. The molecule has 0 aliphatic heterocycles. The average Bonchev–Trinajstić information content (AvgIpc) is 2.38. The monoisotopic (exact) mass is 243 g/mol. The van der Waals surface area contributed by atoms with Gasteiger partial charge in [0.05, 0.1) is 13.2 Å². The lowest BCUT2D eigenvalue weighted by Gasteiger charge is -2.16. The molecular weight excluding hydrogens is 225 g/mol. The van der Waals surface area contributed by atoms with Crippen molar-refractivity contribution in [2.24, 2.45) is 5.73 Å². The second kappa shape index (κ2) is 7.09. The van der Waals surface area contributed by atoms with Gasteiger partial charge in [-0.15, -0.1) is 0 Å². The minimum Gasteiger partial charge on any atom is -0.493 e. The lowest BCUT2D eigenvalue weighted by Crippen LogP contribution is -2.14. The van der Waals surface area contributed by atoms with E-state index >= 15 is 0 Å². The van der Waals surface area contributed by atoms with Gasteiger partial charge in [-0.3, -0.25) is 0 Å². The minimum atomic E-state index is -0.544. The Labute approximate surface area is 100 Å². The molecule has 1 aromatic rings. The maximum Gasteiger partial charge on any atom is 0.161 e. The first-order chi connectivity index (χ1) is 8.26. The van der Waals surface area contributed by atoms with Gasteiger partial charge in [0.15, 0.2) is 11.5 Å². The number of benzene rings is 1. The van der Waals surface area contributed by atoms with Gasteiger partial charge in [0.25, 0.3) is 0 Å². The smallest absolute Gasteiger partial charge is 0.161 e. The maximum absolute atomic E-state index is 12.1. The van der Waals surface area contributed by atoms with Crippen molar-refractivity contribution in [3.63, 3.8) is 0 Å². The van der Waals surface area contributed by atoms with Crippen LogP contribution in [0.1, 0.15) is 11.7 Å². The van der Waals surface area contributed by atoms with Crippen LogP contribution < -0.4 is 15.2 Å². The van der Waals surface area contributed by atoms with Gasteiger partial charge in [-0.2, -0.15) is 0 Å². The standard InChI is InChI=1S/C12H18FNO3/c1-15-10-4-3-9(12(8-14)16-2)7-11(10)17-6-5-13/h3-4,7,12H,5-6,8,14H2,1-2H3. The fraction of sp³-hybridized carbons (Fsp3) is 0.500. The Kier molecular flexibility index (Phi) is 5.72. The largest absolute Gasteiger partial charge is 0.493 e. The Bertz CT molecular complexity index is 343. The van der Waals surface area contributed by atoms with Crippen molar-refractivity contribution >= 4 is 0 Å². The van der Waals surface area contributed by atoms with Gasteiger partial charge in [-0.1, -0.05) is 6.07 Å². The molecule has 17 heavy (non-hydrogen) atoms. The van der Waals surface area contributed by atoms with E-state index in [2.05, 4.69) is 0 Å². The predicted molar refractivity (Wildman–Crippen MR) is 63.3 cm³/mol. The van der Waals surface area contributed by atoms with Gasteiger partial charge in [0, 0.05) is 13.7 Å². The Morgan fingerprint density at radius 2 is 2.06 bits per heavy atom. The Balaban J connectivity index is 2.94. The number of nitrogens with two attached hydrogens (primary N) is 1. The van der Waals surface area contributed by atoms with Gasteiger partial charge >= 0.3 is 0 Å². The molecule has 0 fully saturated rings. The lowest BCUT2D eigenvalue weighted by molar-refractivity contribution is 0.110. The molecule has 0 spiro atoms. The molecule has 0 saturated heterocycles. The number of hydrogen-bond donors (Lipinski definition) is 1. The van der Waals surface area contributed by atoms with Gasteiger partial charge in [0.1, 0.15) is 13.3 Å². The molecule has 96 valence electrons. The summed E-state index contributed by atoms with van der Waals surface area (Å²) in [5, 5.41) is 0. The summed E-state index contributed by atoms with van der Waals surface area (Å²) < 4.78 is 27.7. The highest BCUT2D eigenvalue weighted by Crippen LogP contribution is 2.30. The van der Waals surface area contributed by atoms with Crippen LogP contribution in [0.5, 0.6) is 11.5 Å². The van der Waals surface area contributed by atoms with Gasteiger partial charge in [0.2, 0.25) is 0 Å². The summed E-state index contributed by atoms with van der Waals surface area (Å²) in [6, 6.07) is 5.36. The van der Waals surface area contributed by atoms with E-state index in [9.17, 15) is 4.39 Å². The molecule has 0 amide bonds. The second-order valence-corrected chi connectivity index (χ2v) is 3.41. The van der Waals surface area contributed by atoms with Crippen molar-refractivity contribution in [1.29, 1.82) is 0 Å². The van der Waals surface area contributed by atoms with Crippen LogP contribution >= 0.6 is 0 Å². The molecule has 2 N–H and O–H groups in total. The minimum absolute atomic E-state index is 0.0000865. The first-order valence-corrected chi connectivity index (χ1v) is 5.36. The quantitative estimate of drug-likeness (QED) is 0.791. The van der Waals surface area contributed by atoms with Crippen LogP contribution in [0.15, 0.2) is 18.2 Å². The van der Waals surface area contributed by atoms with Crippen molar-refractivity contribution in [3.05, 3.63) is 23.8 Å². The molecule has 1 rings (SSSR count). The molecule has 0 heterocycles. The topological polar surface area (TPSA) is 53.7 Å². The van der Waals surface area contributed by atoms with E-state index in [0.29, 0.717) is 18.0 Å². The molecule has 0 aliphatic rings. The zero-order valence-electron chi connectivity index (χ0n) is 10.1. The molecule has 1 unspecified atom stereocenters. The zero-order valence-corrected chi connectivity index (χ0v) is 10.1. The Hall–Kier alpha value is -1.33. The highest BCUT2D eigenvalue weighted by atomic mass is 19.1. The molecule has 1 aromatic carbocycles. The lowest BCUT2D eigenvalue weighted by atomic mass is 10.1. The molecule has 0 aliphatic carbocycles. The normalized spacial score (nSPS) is 12.2. The van der Waals surface area contributed by atoms with Crippen LogP contribution in [-0.4, -0.2) is 34.0 Å². The summed E-state index contributed by atoms with van der Waals surface area (Å²) in [5.41, 5.74) is 6.46. The van der Waals surface area contributed by atoms with Gasteiger partial charge in [-0.25, -0.2) is 4.39 Å². The van der Waals surface area contributed by atoms with E-state index in [1.807, 2.05) is 6.07 Å². The van der Waals surface area contributed by atoms with Gasteiger partial charge < -0.3 is 19.9 Å². The summed E-state index contributed by atoms with van der Waals surface area (Å²) in [6.07, 6.45) is -0.200. The van der Waals surface area contributed by atoms with Crippen LogP contribution in [0.25, 0.3) is 0 Å². The third-order valence-electron chi connectivity index (χ3n) is 2.39. The molecule has 4 nitrogen and oxygen atoms in total. The number of alkyl halides is 1. The van der Waals surface area contributed by atoms with Crippen molar-refractivity contribution in [1.82, 2.24) is 0 Å². The van der Waals surface area contributed by atoms with Gasteiger partial charge in [-0.05, 0) is 17.7 Å². The number of halogens is 1. The molecule has 0 bridgehead atoms. The van der Waals surface area contributed by atoms with Crippen LogP contribution in [0.2, 0.25) is 0 Å². The first-order valence-electron chi connectivity index (χ1n) is 5.36. The van der Waals surface area contributed by atoms with Crippen LogP contribution in [0.4, 0.5) is 4.39 Å². The van der Waals surface area contributed by atoms with Crippen LogP contribution in [0, 0.1) is 0 Å². The fourth-order valence-corrected chi connectivity index (χ4v) is 1.52. The molecule has 5 heteroatoms. The SMILES string of the molecule is COc1ccc(C(CN)OC)cc1OCCF. The third kappa shape index (κ3) is 3.57. The van der Waals surface area contributed by atoms with E-state index < -0.39 is 6.67 Å². The Morgan fingerprint density at radius 3 is 2.59 bits per heavy atom. The fourth-order valence-electron chi connectivity index (χ4n) is 1.52. The summed E-state index contributed by atoms with van der Waals surface area (Å²) in [6.45, 7) is -0.177.